The molecule has 0 radical (unpaired) electrons. The Labute approximate surface area is 164 Å². The van der Waals surface area contributed by atoms with Gasteiger partial charge in [-0.25, -0.2) is 9.48 Å². The summed E-state index contributed by atoms with van der Waals surface area (Å²) in [6, 6.07) is 7.59. The molecule has 8 nitrogen and oxygen atoms in total. The molecule has 28 heavy (non-hydrogen) atoms. The summed E-state index contributed by atoms with van der Waals surface area (Å²) in [5, 5.41) is 7.17. The van der Waals surface area contributed by atoms with Crippen molar-refractivity contribution in [2.45, 2.75) is 52.1 Å². The Morgan fingerprint density at radius 1 is 1.21 bits per heavy atom. The van der Waals surface area contributed by atoms with Gasteiger partial charge in [-0.2, -0.15) is 5.10 Å². The second-order valence-corrected chi connectivity index (χ2v) is 7.13. The lowest BCUT2D eigenvalue weighted by atomic mass is 10.1. The molecule has 2 aromatic rings. The van der Waals surface area contributed by atoms with Crippen LogP contribution in [0.4, 0.5) is 5.69 Å². The van der Waals surface area contributed by atoms with Gasteiger partial charge in [0.15, 0.2) is 0 Å². The van der Waals surface area contributed by atoms with Crippen molar-refractivity contribution in [3.63, 3.8) is 0 Å². The van der Waals surface area contributed by atoms with Crippen LogP contribution in [0.25, 0.3) is 0 Å². The van der Waals surface area contributed by atoms with E-state index in [1.807, 2.05) is 31.2 Å². The molecule has 1 aromatic carbocycles. The zero-order chi connectivity index (χ0) is 20.1. The lowest BCUT2D eigenvalue weighted by molar-refractivity contribution is -0.134. The van der Waals surface area contributed by atoms with Crippen LogP contribution in [-0.4, -0.2) is 44.7 Å². The van der Waals surface area contributed by atoms with Crippen molar-refractivity contribution in [3.05, 3.63) is 46.1 Å². The summed E-state index contributed by atoms with van der Waals surface area (Å²) in [5.74, 6) is 0.144. The molecule has 150 valence electrons. The minimum atomic E-state index is -0.325. The van der Waals surface area contributed by atoms with Gasteiger partial charge in [0.1, 0.15) is 12.4 Å². The van der Waals surface area contributed by atoms with E-state index in [-0.39, 0.29) is 30.6 Å². The number of carbonyl (C=O) groups excluding carboxylic acids is 2. The third kappa shape index (κ3) is 4.49. The number of aromatic nitrogens is 3. The molecule has 0 unspecified atom stereocenters. The van der Waals surface area contributed by atoms with Crippen molar-refractivity contribution < 1.29 is 9.59 Å². The molecular weight excluding hydrogens is 358 g/mol. The number of fused-ring (bicyclic) bond motifs is 1. The number of likely N-dealkylation sites (N-methyl/N-ethyl adjacent to an activating group) is 1. The Bertz CT molecular complexity index is 915. The van der Waals surface area contributed by atoms with Crippen molar-refractivity contribution in [2.24, 2.45) is 0 Å². The SMILES string of the molecule is CCc1ccccc1NC(=O)CN(C)C(=O)Cn1nc2n(c1=O)CCCCC2. The van der Waals surface area contributed by atoms with E-state index in [0.29, 0.717) is 6.54 Å². The van der Waals surface area contributed by atoms with Gasteiger partial charge in [0.2, 0.25) is 11.8 Å². The molecule has 3 rings (SSSR count). The first-order chi connectivity index (χ1) is 13.5. The zero-order valence-electron chi connectivity index (χ0n) is 16.5. The molecule has 1 aromatic heterocycles. The maximum absolute atomic E-state index is 12.5. The Kier molecular flexibility index (Phi) is 6.28. The minimum Gasteiger partial charge on any atom is -0.335 e. The fraction of sp³-hybridized carbons (Fsp3) is 0.500. The number of nitrogens with one attached hydrogen (secondary N) is 1. The maximum Gasteiger partial charge on any atom is 0.346 e. The lowest BCUT2D eigenvalue weighted by Gasteiger charge is -2.17. The van der Waals surface area contributed by atoms with E-state index in [9.17, 15) is 14.4 Å². The van der Waals surface area contributed by atoms with Gasteiger partial charge in [-0.15, -0.1) is 0 Å². The predicted molar refractivity (Wildman–Crippen MR) is 106 cm³/mol. The van der Waals surface area contributed by atoms with Gasteiger partial charge >= 0.3 is 5.69 Å². The number of aryl methyl sites for hydroxylation is 2. The van der Waals surface area contributed by atoms with Gasteiger partial charge in [-0.1, -0.05) is 31.5 Å². The Morgan fingerprint density at radius 3 is 2.79 bits per heavy atom. The number of hydrogen-bond donors (Lipinski definition) is 1. The van der Waals surface area contributed by atoms with Crippen molar-refractivity contribution in [2.75, 3.05) is 18.9 Å². The van der Waals surface area contributed by atoms with Crippen molar-refractivity contribution in [1.29, 1.82) is 0 Å². The largest absolute Gasteiger partial charge is 0.346 e. The average molecular weight is 385 g/mol. The number of anilines is 1. The van der Waals surface area contributed by atoms with E-state index in [0.717, 1.165) is 49.2 Å². The molecule has 2 heterocycles. The fourth-order valence-corrected chi connectivity index (χ4v) is 3.42. The van der Waals surface area contributed by atoms with Gasteiger partial charge in [-0.05, 0) is 30.9 Å². The van der Waals surface area contributed by atoms with Gasteiger partial charge in [0, 0.05) is 25.7 Å². The molecular formula is C20H27N5O3. The van der Waals surface area contributed by atoms with Crippen LogP contribution in [-0.2, 0) is 35.5 Å². The Balaban J connectivity index is 1.60. The van der Waals surface area contributed by atoms with Crippen LogP contribution in [0.1, 0.15) is 37.6 Å². The van der Waals surface area contributed by atoms with Crippen LogP contribution in [0.3, 0.4) is 0 Å². The van der Waals surface area contributed by atoms with E-state index in [1.54, 1.807) is 11.6 Å². The number of carbonyl (C=O) groups is 2. The van der Waals surface area contributed by atoms with Crippen molar-refractivity contribution in [3.8, 4) is 0 Å². The monoisotopic (exact) mass is 385 g/mol. The van der Waals surface area contributed by atoms with Crippen LogP contribution in [0, 0.1) is 0 Å². The highest BCUT2D eigenvalue weighted by Crippen LogP contribution is 2.15. The van der Waals surface area contributed by atoms with E-state index >= 15 is 0 Å². The summed E-state index contributed by atoms with van der Waals surface area (Å²) in [4.78, 5) is 38.6. The highest BCUT2D eigenvalue weighted by atomic mass is 16.2. The van der Waals surface area contributed by atoms with Crippen LogP contribution in [0.15, 0.2) is 29.1 Å². The summed E-state index contributed by atoms with van der Waals surface area (Å²) in [6.07, 6.45) is 4.60. The second-order valence-electron chi connectivity index (χ2n) is 7.13. The standard InChI is InChI=1S/C20H27N5O3/c1-3-15-9-6-7-10-16(15)21-18(26)13-23(2)19(27)14-25-20(28)24-12-8-4-5-11-17(24)22-25/h6-7,9-10H,3-5,8,11-14H2,1-2H3,(H,21,26). The van der Waals surface area contributed by atoms with Crippen LogP contribution in [0.2, 0.25) is 0 Å². The number of rotatable bonds is 6. The minimum absolute atomic E-state index is 0.0841. The Hall–Kier alpha value is -2.90. The van der Waals surface area contributed by atoms with Crippen LogP contribution >= 0.6 is 0 Å². The summed E-state index contributed by atoms with van der Waals surface area (Å²) < 4.78 is 2.87. The Morgan fingerprint density at radius 2 is 2.00 bits per heavy atom. The third-order valence-corrected chi connectivity index (χ3v) is 5.05. The fourth-order valence-electron chi connectivity index (χ4n) is 3.42. The van der Waals surface area contributed by atoms with Crippen molar-refractivity contribution >= 4 is 17.5 Å². The maximum atomic E-state index is 12.5. The number of nitrogens with zero attached hydrogens (tertiary/aromatic N) is 4. The molecule has 1 N–H and O–H groups in total. The molecule has 0 fully saturated rings. The lowest BCUT2D eigenvalue weighted by Crippen LogP contribution is -2.39. The average Bonchev–Trinajstić information content (AvgIpc) is 2.85. The summed E-state index contributed by atoms with van der Waals surface area (Å²) in [5.41, 5.74) is 1.54. The number of para-hydroxylation sites is 1. The summed E-state index contributed by atoms with van der Waals surface area (Å²) >= 11 is 0. The normalized spacial score (nSPS) is 13.5. The molecule has 0 saturated heterocycles. The molecule has 0 atom stereocenters. The van der Waals surface area contributed by atoms with E-state index < -0.39 is 0 Å². The van der Waals surface area contributed by atoms with Crippen molar-refractivity contribution in [1.82, 2.24) is 19.2 Å². The number of amides is 2. The first kappa shape index (κ1) is 19.9. The molecule has 0 aliphatic carbocycles. The summed E-state index contributed by atoms with van der Waals surface area (Å²) in [7, 11) is 1.56. The smallest absolute Gasteiger partial charge is 0.335 e. The first-order valence-electron chi connectivity index (χ1n) is 9.77. The second kappa shape index (κ2) is 8.86. The van der Waals surface area contributed by atoms with Crippen LogP contribution in [0.5, 0.6) is 0 Å². The van der Waals surface area contributed by atoms with E-state index in [4.69, 9.17) is 0 Å². The summed E-state index contributed by atoms with van der Waals surface area (Å²) in [6.45, 7) is 2.43. The molecule has 0 spiro atoms. The van der Waals surface area contributed by atoms with Gasteiger partial charge in [0.05, 0.1) is 6.54 Å². The molecule has 2 amide bonds. The first-order valence-corrected chi connectivity index (χ1v) is 9.77. The molecule has 8 heteroatoms. The number of hydrogen-bond acceptors (Lipinski definition) is 4. The highest BCUT2D eigenvalue weighted by molar-refractivity contribution is 5.95. The molecule has 1 aliphatic rings. The topological polar surface area (TPSA) is 89.2 Å². The highest BCUT2D eigenvalue weighted by Gasteiger charge is 2.20. The molecule has 1 aliphatic heterocycles. The molecule has 0 bridgehead atoms. The zero-order valence-corrected chi connectivity index (χ0v) is 16.5. The van der Waals surface area contributed by atoms with Gasteiger partial charge in [0.25, 0.3) is 0 Å². The van der Waals surface area contributed by atoms with Crippen LogP contribution < -0.4 is 11.0 Å². The molecule has 0 saturated carbocycles. The van der Waals surface area contributed by atoms with Gasteiger partial charge in [-0.3, -0.25) is 14.2 Å². The van der Waals surface area contributed by atoms with E-state index in [2.05, 4.69) is 10.4 Å². The van der Waals surface area contributed by atoms with Gasteiger partial charge < -0.3 is 10.2 Å². The van der Waals surface area contributed by atoms with E-state index in [1.165, 1.54) is 9.58 Å². The predicted octanol–water partition coefficient (Wildman–Crippen LogP) is 1.43. The quantitative estimate of drug-likeness (QED) is 0.815. The third-order valence-electron chi connectivity index (χ3n) is 5.05. The number of benzene rings is 1.